The predicted molar refractivity (Wildman–Crippen MR) is 47.3 cm³/mol. The highest BCUT2D eigenvalue weighted by atomic mass is 16.3. The van der Waals surface area contributed by atoms with Crippen molar-refractivity contribution < 1.29 is 9.90 Å². The summed E-state index contributed by atoms with van der Waals surface area (Å²) in [5.74, 6) is -0.110. The smallest absolute Gasteiger partial charge is 0.250 e. The minimum Gasteiger partial charge on any atom is -0.402 e. The number of aliphatic hydroxyl groups is 1. The molecule has 3 N–H and O–H groups in total. The van der Waals surface area contributed by atoms with E-state index in [2.05, 4.69) is 0 Å². The van der Waals surface area contributed by atoms with E-state index in [4.69, 9.17) is 10.8 Å². The van der Waals surface area contributed by atoms with Crippen LogP contribution in [-0.2, 0) is 4.79 Å². The summed E-state index contributed by atoms with van der Waals surface area (Å²) in [5.41, 5.74) is 6.50. The molecule has 0 rings (SSSR count). The van der Waals surface area contributed by atoms with Crippen LogP contribution in [0.15, 0.2) is 11.3 Å². The third-order valence-corrected chi connectivity index (χ3v) is 1.59. The van der Waals surface area contributed by atoms with Crippen LogP contribution in [0.1, 0.15) is 13.3 Å². The summed E-state index contributed by atoms with van der Waals surface area (Å²) in [7, 11) is 3.33. The molecule has 0 heterocycles. The van der Waals surface area contributed by atoms with Crippen molar-refractivity contribution in [1.82, 2.24) is 4.90 Å². The number of aliphatic hydroxyl groups excluding tert-OH is 1. The van der Waals surface area contributed by atoms with E-state index in [1.54, 1.807) is 21.0 Å². The van der Waals surface area contributed by atoms with Gasteiger partial charge in [0, 0.05) is 38.4 Å². The Labute approximate surface area is 72.7 Å². The standard InChI is InChI=1S/C8H16N2O2/c1-6(7(9)4-5-11)8(12)10(2)3/h11H,4-5,9H2,1-3H3. The Balaban J connectivity index is 4.43. The summed E-state index contributed by atoms with van der Waals surface area (Å²) in [6.07, 6.45) is 0.353. The molecular weight excluding hydrogens is 156 g/mol. The Morgan fingerprint density at radius 1 is 1.50 bits per heavy atom. The number of rotatable bonds is 3. The molecule has 0 aromatic carbocycles. The minimum absolute atomic E-state index is 0.0239. The topological polar surface area (TPSA) is 66.6 Å². The summed E-state index contributed by atoms with van der Waals surface area (Å²) >= 11 is 0. The van der Waals surface area contributed by atoms with Crippen LogP contribution in [-0.4, -0.2) is 36.6 Å². The largest absolute Gasteiger partial charge is 0.402 e. The van der Waals surface area contributed by atoms with E-state index in [0.717, 1.165) is 0 Å². The fourth-order valence-electron chi connectivity index (χ4n) is 0.781. The SMILES string of the molecule is CC(C(=O)N(C)C)=C(N)CCO. The Bertz CT molecular complexity index is 197. The molecule has 0 aliphatic heterocycles. The number of hydrogen-bond acceptors (Lipinski definition) is 3. The van der Waals surface area contributed by atoms with E-state index in [0.29, 0.717) is 17.7 Å². The van der Waals surface area contributed by atoms with Gasteiger partial charge in [0.05, 0.1) is 0 Å². The number of nitrogens with zero attached hydrogens (tertiary/aromatic N) is 1. The van der Waals surface area contributed by atoms with Crippen LogP contribution >= 0.6 is 0 Å². The predicted octanol–water partition coefficient (Wildman–Crippen LogP) is -0.310. The van der Waals surface area contributed by atoms with Crippen molar-refractivity contribution >= 4 is 5.91 Å². The van der Waals surface area contributed by atoms with Crippen LogP contribution in [0.5, 0.6) is 0 Å². The molecule has 12 heavy (non-hydrogen) atoms. The molecule has 0 bridgehead atoms. The number of amides is 1. The lowest BCUT2D eigenvalue weighted by Crippen LogP contribution is -2.24. The molecular formula is C8H16N2O2. The van der Waals surface area contributed by atoms with Crippen LogP contribution < -0.4 is 5.73 Å². The number of likely N-dealkylation sites (N-methyl/N-ethyl adjacent to an activating group) is 1. The van der Waals surface area contributed by atoms with Crippen molar-refractivity contribution in [2.75, 3.05) is 20.7 Å². The van der Waals surface area contributed by atoms with Crippen LogP contribution in [0.4, 0.5) is 0 Å². The van der Waals surface area contributed by atoms with Crippen LogP contribution in [0, 0.1) is 0 Å². The van der Waals surface area contributed by atoms with Crippen molar-refractivity contribution in [3.63, 3.8) is 0 Å². The number of nitrogens with two attached hydrogens (primary N) is 1. The third-order valence-electron chi connectivity index (χ3n) is 1.59. The Kier molecular flexibility index (Phi) is 4.36. The molecule has 0 saturated heterocycles. The second-order valence-electron chi connectivity index (χ2n) is 2.82. The molecule has 0 aromatic rings. The zero-order valence-electron chi connectivity index (χ0n) is 7.79. The van der Waals surface area contributed by atoms with E-state index >= 15 is 0 Å². The summed E-state index contributed by atoms with van der Waals surface area (Å²) in [6, 6.07) is 0. The first-order chi connectivity index (χ1) is 5.50. The molecule has 0 spiro atoms. The maximum atomic E-state index is 11.3. The molecule has 0 saturated carbocycles. The average Bonchev–Trinajstić information content (AvgIpc) is 2.02. The van der Waals surface area contributed by atoms with Gasteiger partial charge in [-0.15, -0.1) is 0 Å². The molecule has 0 fully saturated rings. The monoisotopic (exact) mass is 172 g/mol. The highest BCUT2D eigenvalue weighted by molar-refractivity contribution is 5.93. The van der Waals surface area contributed by atoms with E-state index in [1.165, 1.54) is 4.90 Å². The van der Waals surface area contributed by atoms with Gasteiger partial charge >= 0.3 is 0 Å². The molecule has 4 heteroatoms. The van der Waals surface area contributed by atoms with Gasteiger partial charge in [-0.2, -0.15) is 0 Å². The lowest BCUT2D eigenvalue weighted by atomic mass is 10.2. The first-order valence-electron chi connectivity index (χ1n) is 3.78. The van der Waals surface area contributed by atoms with Crippen LogP contribution in [0.25, 0.3) is 0 Å². The first-order valence-corrected chi connectivity index (χ1v) is 3.78. The lowest BCUT2D eigenvalue weighted by molar-refractivity contribution is -0.124. The fraction of sp³-hybridized carbons (Fsp3) is 0.625. The molecule has 0 atom stereocenters. The molecule has 4 nitrogen and oxygen atoms in total. The lowest BCUT2D eigenvalue weighted by Gasteiger charge is -2.12. The zero-order valence-corrected chi connectivity index (χ0v) is 7.79. The number of carbonyl (C=O) groups is 1. The van der Waals surface area contributed by atoms with Crippen molar-refractivity contribution in [1.29, 1.82) is 0 Å². The summed E-state index contributed by atoms with van der Waals surface area (Å²) in [5, 5.41) is 8.57. The number of carbonyl (C=O) groups excluding carboxylic acids is 1. The van der Waals surface area contributed by atoms with Gasteiger partial charge in [-0.3, -0.25) is 4.79 Å². The maximum absolute atomic E-state index is 11.3. The molecule has 0 radical (unpaired) electrons. The zero-order chi connectivity index (χ0) is 9.72. The second-order valence-corrected chi connectivity index (χ2v) is 2.82. The van der Waals surface area contributed by atoms with Crippen molar-refractivity contribution in [2.24, 2.45) is 5.73 Å². The molecule has 1 amide bonds. The quantitative estimate of drug-likeness (QED) is 0.574. The average molecular weight is 172 g/mol. The highest BCUT2D eigenvalue weighted by Gasteiger charge is 2.09. The summed E-state index contributed by atoms with van der Waals surface area (Å²) < 4.78 is 0. The van der Waals surface area contributed by atoms with E-state index in [1.807, 2.05) is 0 Å². The molecule has 0 aromatic heterocycles. The van der Waals surface area contributed by atoms with Gasteiger partial charge in [-0.1, -0.05) is 0 Å². The first kappa shape index (κ1) is 11.0. The second kappa shape index (κ2) is 4.77. The van der Waals surface area contributed by atoms with E-state index in [-0.39, 0.29) is 12.5 Å². The van der Waals surface area contributed by atoms with Crippen molar-refractivity contribution in [3.8, 4) is 0 Å². The van der Waals surface area contributed by atoms with Gasteiger partial charge in [0.25, 0.3) is 5.91 Å². The Hall–Kier alpha value is -1.03. The normalized spacial score (nSPS) is 12.3. The maximum Gasteiger partial charge on any atom is 0.250 e. The van der Waals surface area contributed by atoms with Crippen LogP contribution in [0.2, 0.25) is 0 Å². The molecule has 0 aliphatic carbocycles. The highest BCUT2D eigenvalue weighted by Crippen LogP contribution is 2.04. The van der Waals surface area contributed by atoms with Gasteiger partial charge in [0.2, 0.25) is 0 Å². The van der Waals surface area contributed by atoms with Crippen molar-refractivity contribution in [2.45, 2.75) is 13.3 Å². The summed E-state index contributed by atoms with van der Waals surface area (Å²) in [4.78, 5) is 12.7. The van der Waals surface area contributed by atoms with Gasteiger partial charge in [-0.05, 0) is 6.92 Å². The molecule has 0 aliphatic rings. The fourth-order valence-corrected chi connectivity index (χ4v) is 0.781. The van der Waals surface area contributed by atoms with E-state index in [9.17, 15) is 4.79 Å². The van der Waals surface area contributed by atoms with E-state index < -0.39 is 0 Å². The van der Waals surface area contributed by atoms with Gasteiger partial charge in [0.15, 0.2) is 0 Å². The van der Waals surface area contributed by atoms with Gasteiger partial charge in [0.1, 0.15) is 0 Å². The Morgan fingerprint density at radius 3 is 2.33 bits per heavy atom. The number of hydrogen-bond donors (Lipinski definition) is 2. The van der Waals surface area contributed by atoms with Crippen molar-refractivity contribution in [3.05, 3.63) is 11.3 Å². The van der Waals surface area contributed by atoms with Crippen LogP contribution in [0.3, 0.4) is 0 Å². The molecule has 70 valence electrons. The van der Waals surface area contributed by atoms with Gasteiger partial charge in [-0.25, -0.2) is 0 Å². The summed E-state index contributed by atoms with van der Waals surface area (Å²) in [6.45, 7) is 1.64. The van der Waals surface area contributed by atoms with Gasteiger partial charge < -0.3 is 15.7 Å². The Morgan fingerprint density at radius 2 is 2.00 bits per heavy atom. The molecule has 0 unspecified atom stereocenters. The minimum atomic E-state index is -0.110. The third kappa shape index (κ3) is 2.92.